The van der Waals surface area contributed by atoms with E-state index in [1.54, 1.807) is 12.1 Å². The third kappa shape index (κ3) is 4.81. The Hall–Kier alpha value is -1.85. The van der Waals surface area contributed by atoms with Crippen LogP contribution >= 0.6 is 22.9 Å². The predicted octanol–water partition coefficient (Wildman–Crippen LogP) is 4.71. The highest BCUT2D eigenvalue weighted by Crippen LogP contribution is 2.22. The van der Waals surface area contributed by atoms with Crippen LogP contribution in [0.15, 0.2) is 36.4 Å². The Bertz CT molecular complexity index is 694. The number of halogens is 1. The second-order valence-electron chi connectivity index (χ2n) is 5.42. The fourth-order valence-corrected chi connectivity index (χ4v) is 2.82. The van der Waals surface area contributed by atoms with Gasteiger partial charge in [0.05, 0.1) is 4.34 Å². The Kier molecular flexibility index (Phi) is 5.80. The van der Waals surface area contributed by atoms with E-state index in [-0.39, 0.29) is 5.91 Å². The number of carbonyl (C=O) groups is 2. The summed E-state index contributed by atoms with van der Waals surface area (Å²) < 4.78 is 5.65. The molecule has 1 aromatic heterocycles. The van der Waals surface area contributed by atoms with Gasteiger partial charge in [-0.2, -0.15) is 0 Å². The fraction of sp³-hybridized carbons (Fsp3) is 0.294. The van der Waals surface area contributed by atoms with Crippen LogP contribution in [0.1, 0.15) is 41.9 Å². The molecule has 1 N–H and O–H groups in total. The first-order valence-electron chi connectivity index (χ1n) is 7.24. The van der Waals surface area contributed by atoms with Gasteiger partial charge in [-0.1, -0.05) is 37.6 Å². The minimum atomic E-state index is -0.895. The second-order valence-corrected chi connectivity index (χ2v) is 7.13. The minimum Gasteiger partial charge on any atom is -0.448 e. The first-order chi connectivity index (χ1) is 10.9. The smallest absolute Gasteiger partial charge is 0.349 e. The van der Waals surface area contributed by atoms with Gasteiger partial charge in [0, 0.05) is 5.69 Å². The van der Waals surface area contributed by atoms with Crippen molar-refractivity contribution in [3.63, 3.8) is 0 Å². The summed E-state index contributed by atoms with van der Waals surface area (Å²) in [7, 11) is 0. The number of rotatable bonds is 5. The van der Waals surface area contributed by atoms with Crippen molar-refractivity contribution in [2.75, 3.05) is 5.32 Å². The molecule has 1 aromatic carbocycles. The van der Waals surface area contributed by atoms with E-state index in [4.69, 9.17) is 16.3 Å². The molecule has 0 aliphatic carbocycles. The zero-order valence-electron chi connectivity index (χ0n) is 13.1. The summed E-state index contributed by atoms with van der Waals surface area (Å²) in [5.41, 5.74) is 1.86. The Morgan fingerprint density at radius 2 is 1.74 bits per heavy atom. The van der Waals surface area contributed by atoms with Gasteiger partial charge >= 0.3 is 5.97 Å². The van der Waals surface area contributed by atoms with Gasteiger partial charge in [0.2, 0.25) is 0 Å². The van der Waals surface area contributed by atoms with E-state index in [0.29, 0.717) is 20.8 Å². The van der Waals surface area contributed by atoms with Crippen molar-refractivity contribution >= 4 is 40.5 Å². The molecule has 122 valence electrons. The quantitative estimate of drug-likeness (QED) is 0.794. The molecule has 6 heteroatoms. The first kappa shape index (κ1) is 17.5. The maximum Gasteiger partial charge on any atom is 0.349 e. The van der Waals surface area contributed by atoms with Crippen molar-refractivity contribution in [3.05, 3.63) is 51.2 Å². The molecule has 0 unspecified atom stereocenters. The maximum atomic E-state index is 12.1. The highest BCUT2D eigenvalue weighted by Gasteiger charge is 2.20. The molecule has 1 atom stereocenters. The van der Waals surface area contributed by atoms with Crippen molar-refractivity contribution in [1.29, 1.82) is 0 Å². The number of nitrogens with one attached hydrogen (secondary N) is 1. The van der Waals surface area contributed by atoms with Crippen LogP contribution in [0.25, 0.3) is 0 Å². The molecule has 23 heavy (non-hydrogen) atoms. The lowest BCUT2D eigenvalue weighted by atomic mass is 10.0. The molecule has 0 spiro atoms. The normalized spacial score (nSPS) is 12.0. The van der Waals surface area contributed by atoms with Crippen LogP contribution in [0.3, 0.4) is 0 Å². The molecule has 1 heterocycles. The van der Waals surface area contributed by atoms with Gasteiger partial charge in [0.1, 0.15) is 4.88 Å². The molecule has 0 saturated heterocycles. The molecule has 0 fully saturated rings. The van der Waals surface area contributed by atoms with E-state index in [2.05, 4.69) is 19.2 Å². The van der Waals surface area contributed by atoms with E-state index in [9.17, 15) is 9.59 Å². The number of thiophene rings is 1. The average molecular weight is 352 g/mol. The van der Waals surface area contributed by atoms with Crippen molar-refractivity contribution in [3.8, 4) is 0 Å². The highest BCUT2D eigenvalue weighted by molar-refractivity contribution is 7.17. The van der Waals surface area contributed by atoms with Crippen molar-refractivity contribution in [1.82, 2.24) is 0 Å². The van der Waals surface area contributed by atoms with Crippen LogP contribution < -0.4 is 5.32 Å². The number of hydrogen-bond acceptors (Lipinski definition) is 4. The number of amides is 1. The Morgan fingerprint density at radius 3 is 2.26 bits per heavy atom. The number of carbonyl (C=O) groups excluding carboxylic acids is 2. The summed E-state index contributed by atoms with van der Waals surface area (Å²) in [6.07, 6.45) is -0.895. The van der Waals surface area contributed by atoms with Gasteiger partial charge in [-0.05, 0) is 42.7 Å². The SMILES string of the molecule is CC(C)c1ccc(NC(=O)[C@@H](C)OC(=O)c2ccc(Cl)s2)cc1. The summed E-state index contributed by atoms with van der Waals surface area (Å²) in [6, 6.07) is 10.8. The molecule has 0 bridgehead atoms. The molecule has 0 saturated carbocycles. The number of benzene rings is 1. The van der Waals surface area contributed by atoms with Crippen molar-refractivity contribution in [2.24, 2.45) is 0 Å². The lowest BCUT2D eigenvalue weighted by Gasteiger charge is -2.13. The summed E-state index contributed by atoms with van der Waals surface area (Å²) >= 11 is 6.89. The zero-order chi connectivity index (χ0) is 17.0. The molecule has 4 nitrogen and oxygen atoms in total. The lowest BCUT2D eigenvalue weighted by molar-refractivity contribution is -0.123. The molecule has 0 aliphatic heterocycles. The molecule has 0 aliphatic rings. The summed E-state index contributed by atoms with van der Waals surface area (Å²) in [4.78, 5) is 24.4. The highest BCUT2D eigenvalue weighted by atomic mass is 35.5. The fourth-order valence-electron chi connectivity index (χ4n) is 1.89. The third-order valence-corrected chi connectivity index (χ3v) is 4.48. The number of anilines is 1. The van der Waals surface area contributed by atoms with Gasteiger partial charge < -0.3 is 10.1 Å². The van der Waals surface area contributed by atoms with E-state index < -0.39 is 12.1 Å². The van der Waals surface area contributed by atoms with E-state index >= 15 is 0 Å². The topological polar surface area (TPSA) is 55.4 Å². The maximum absolute atomic E-state index is 12.1. The summed E-state index contributed by atoms with van der Waals surface area (Å²) in [5, 5.41) is 2.73. The van der Waals surface area contributed by atoms with Gasteiger partial charge in [-0.3, -0.25) is 4.79 Å². The van der Waals surface area contributed by atoms with E-state index in [0.717, 1.165) is 11.3 Å². The zero-order valence-corrected chi connectivity index (χ0v) is 14.7. The second kappa shape index (κ2) is 7.62. The van der Waals surface area contributed by atoms with Gasteiger partial charge in [-0.25, -0.2) is 4.79 Å². The standard InChI is InChI=1S/C17H18ClNO3S/c1-10(2)12-4-6-13(7-5-12)19-16(20)11(3)22-17(21)14-8-9-15(18)23-14/h4-11H,1-3H3,(H,19,20)/t11-/m1/s1. The number of ether oxygens (including phenoxy) is 1. The molecule has 1 amide bonds. The van der Waals surface area contributed by atoms with Gasteiger partial charge in [0.15, 0.2) is 6.10 Å². The van der Waals surface area contributed by atoms with E-state index in [1.165, 1.54) is 12.5 Å². The lowest BCUT2D eigenvalue weighted by Crippen LogP contribution is -2.29. The Balaban J connectivity index is 1.93. The molecular weight excluding hydrogens is 334 g/mol. The Labute approximate surface area is 144 Å². The number of hydrogen-bond donors (Lipinski definition) is 1. The van der Waals surface area contributed by atoms with Crippen LogP contribution in [0.5, 0.6) is 0 Å². The van der Waals surface area contributed by atoms with Gasteiger partial charge in [-0.15, -0.1) is 11.3 Å². The van der Waals surface area contributed by atoms with Crippen LogP contribution in [-0.4, -0.2) is 18.0 Å². The van der Waals surface area contributed by atoms with Gasteiger partial charge in [0.25, 0.3) is 5.91 Å². The van der Waals surface area contributed by atoms with Crippen LogP contribution in [0.2, 0.25) is 4.34 Å². The van der Waals surface area contributed by atoms with E-state index in [1.807, 2.05) is 24.3 Å². The first-order valence-corrected chi connectivity index (χ1v) is 8.43. The molecule has 2 aromatic rings. The number of esters is 1. The molecule has 2 rings (SSSR count). The molecular formula is C17H18ClNO3S. The largest absolute Gasteiger partial charge is 0.448 e. The van der Waals surface area contributed by atoms with Crippen molar-refractivity contribution in [2.45, 2.75) is 32.8 Å². The minimum absolute atomic E-state index is 0.371. The Morgan fingerprint density at radius 1 is 1.09 bits per heavy atom. The summed E-state index contributed by atoms with van der Waals surface area (Å²) in [6.45, 7) is 5.74. The average Bonchev–Trinajstić information content (AvgIpc) is 2.94. The van der Waals surface area contributed by atoms with Crippen molar-refractivity contribution < 1.29 is 14.3 Å². The summed E-state index contributed by atoms with van der Waals surface area (Å²) in [5.74, 6) is -0.504. The van der Waals surface area contributed by atoms with Crippen LogP contribution in [0, 0.1) is 0 Å². The third-order valence-electron chi connectivity index (χ3n) is 3.27. The van der Waals surface area contributed by atoms with Crippen LogP contribution in [0.4, 0.5) is 5.69 Å². The molecule has 0 radical (unpaired) electrons. The van der Waals surface area contributed by atoms with Crippen LogP contribution in [-0.2, 0) is 9.53 Å². The predicted molar refractivity (Wildman–Crippen MR) is 93.4 cm³/mol. The monoisotopic (exact) mass is 351 g/mol.